The van der Waals surface area contributed by atoms with E-state index in [2.05, 4.69) is 48.5 Å². The van der Waals surface area contributed by atoms with Gasteiger partial charge in [-0.25, -0.2) is 0 Å². The molecule has 0 spiro atoms. The number of benzene rings is 3. The molecule has 0 saturated heterocycles. The summed E-state index contributed by atoms with van der Waals surface area (Å²) in [6.45, 7) is 0. The second-order valence-corrected chi connectivity index (χ2v) is 6.13. The average Bonchev–Trinajstić information content (AvgIpc) is 3.09. The lowest BCUT2D eigenvalue weighted by Gasteiger charge is -2.20. The monoisotopic (exact) mass is 244 g/mol. The molecule has 19 heavy (non-hydrogen) atoms. The van der Waals surface area contributed by atoms with Crippen molar-refractivity contribution in [2.45, 2.75) is 31.1 Å². The van der Waals surface area contributed by atoms with Crippen LogP contribution in [0, 0.1) is 0 Å². The Hall–Kier alpha value is -1.82. The van der Waals surface area contributed by atoms with E-state index in [4.69, 9.17) is 0 Å². The first-order valence-corrected chi connectivity index (χ1v) is 7.37. The molecule has 2 unspecified atom stereocenters. The van der Waals surface area contributed by atoms with Crippen molar-refractivity contribution in [2.24, 2.45) is 0 Å². The third kappa shape index (κ3) is 1.15. The topological polar surface area (TPSA) is 0 Å². The molecule has 2 aliphatic carbocycles. The van der Waals surface area contributed by atoms with Gasteiger partial charge < -0.3 is 0 Å². The zero-order valence-corrected chi connectivity index (χ0v) is 10.9. The van der Waals surface area contributed by atoms with E-state index < -0.39 is 0 Å². The average molecular weight is 244 g/mol. The first-order valence-electron chi connectivity index (χ1n) is 7.37. The Labute approximate surface area is 113 Å². The first kappa shape index (κ1) is 10.0. The number of fused-ring (bicyclic) bond motifs is 10. The lowest BCUT2D eigenvalue weighted by molar-refractivity contribution is 0.726. The van der Waals surface area contributed by atoms with Gasteiger partial charge in [0.2, 0.25) is 0 Å². The van der Waals surface area contributed by atoms with Gasteiger partial charge in [-0.15, -0.1) is 0 Å². The van der Waals surface area contributed by atoms with Crippen LogP contribution in [0.25, 0.3) is 21.5 Å². The molecule has 2 atom stereocenters. The van der Waals surface area contributed by atoms with Gasteiger partial charge in [0.15, 0.2) is 0 Å². The highest BCUT2D eigenvalue weighted by Crippen LogP contribution is 2.57. The smallest absolute Gasteiger partial charge is 0.0102 e. The minimum absolute atomic E-state index is 0.828. The summed E-state index contributed by atoms with van der Waals surface area (Å²) in [5.74, 6) is 1.66. The quantitative estimate of drug-likeness (QED) is 0.467. The maximum Gasteiger partial charge on any atom is -0.0102 e. The minimum Gasteiger partial charge on any atom is -0.0616 e. The molecular weight excluding hydrogens is 228 g/mol. The van der Waals surface area contributed by atoms with Gasteiger partial charge in [-0.2, -0.15) is 0 Å². The first-order chi connectivity index (χ1) is 9.43. The van der Waals surface area contributed by atoms with E-state index in [0.29, 0.717) is 0 Å². The summed E-state index contributed by atoms with van der Waals surface area (Å²) in [5.41, 5.74) is 3.37. The van der Waals surface area contributed by atoms with Gasteiger partial charge in [0.05, 0.1) is 0 Å². The molecule has 0 nitrogen and oxygen atoms in total. The second-order valence-electron chi connectivity index (χ2n) is 6.13. The number of rotatable bonds is 0. The minimum atomic E-state index is 0.828. The molecule has 92 valence electrons. The molecule has 0 heteroatoms. The van der Waals surface area contributed by atoms with E-state index in [1.54, 1.807) is 11.1 Å². The molecule has 3 aromatic carbocycles. The van der Waals surface area contributed by atoms with Crippen molar-refractivity contribution >= 4 is 21.5 Å². The fourth-order valence-corrected chi connectivity index (χ4v) is 4.58. The fraction of sp³-hybridized carbons (Fsp3) is 0.263. The van der Waals surface area contributed by atoms with Crippen molar-refractivity contribution in [2.75, 3.05) is 0 Å². The van der Waals surface area contributed by atoms with Crippen molar-refractivity contribution in [1.82, 2.24) is 0 Å². The Morgan fingerprint density at radius 1 is 0.579 bits per heavy atom. The zero-order chi connectivity index (χ0) is 12.4. The Kier molecular flexibility index (Phi) is 1.79. The predicted octanol–water partition coefficient (Wildman–Crippen LogP) is 5.36. The summed E-state index contributed by atoms with van der Waals surface area (Å²) in [6, 6.07) is 18.0. The van der Waals surface area contributed by atoms with Crippen molar-refractivity contribution < 1.29 is 0 Å². The molecular formula is C19H16. The third-order valence-electron chi connectivity index (χ3n) is 5.26. The Bertz CT molecular complexity index is 744. The van der Waals surface area contributed by atoms with Gasteiger partial charge in [-0.3, -0.25) is 0 Å². The van der Waals surface area contributed by atoms with Crippen molar-refractivity contribution in [3.8, 4) is 0 Å². The van der Waals surface area contributed by atoms with E-state index in [1.807, 2.05) is 0 Å². The molecule has 1 fully saturated rings. The van der Waals surface area contributed by atoms with E-state index in [1.165, 1.54) is 40.8 Å². The Morgan fingerprint density at radius 3 is 1.47 bits per heavy atom. The SMILES string of the molecule is c1ccc2c(c1)c1c(c3ccccc32)C2CCC1C2. The number of hydrogen-bond acceptors (Lipinski definition) is 0. The maximum absolute atomic E-state index is 2.33. The Morgan fingerprint density at radius 2 is 1.00 bits per heavy atom. The maximum atomic E-state index is 2.33. The molecule has 2 bridgehead atoms. The standard InChI is InChI=1S/C19H16/c1-3-7-16-14(5-1)15-6-2-4-8-17(15)19-13-10-9-12(11-13)18(16)19/h1-8,12-13H,9-11H2. The van der Waals surface area contributed by atoms with Gasteiger partial charge in [-0.1, -0.05) is 48.5 Å². The number of hydrogen-bond donors (Lipinski definition) is 0. The molecule has 0 N–H and O–H groups in total. The van der Waals surface area contributed by atoms with Gasteiger partial charge in [0, 0.05) is 0 Å². The molecule has 0 aliphatic heterocycles. The van der Waals surface area contributed by atoms with Crippen LogP contribution in [-0.2, 0) is 0 Å². The highest BCUT2D eigenvalue weighted by Gasteiger charge is 2.39. The van der Waals surface area contributed by atoms with Gasteiger partial charge in [-0.05, 0) is 63.8 Å². The Balaban J connectivity index is 2.09. The van der Waals surface area contributed by atoms with Crippen LogP contribution in [0.2, 0.25) is 0 Å². The van der Waals surface area contributed by atoms with E-state index in [9.17, 15) is 0 Å². The van der Waals surface area contributed by atoms with Gasteiger partial charge >= 0.3 is 0 Å². The molecule has 0 radical (unpaired) electrons. The van der Waals surface area contributed by atoms with Gasteiger partial charge in [0.25, 0.3) is 0 Å². The summed E-state index contributed by atoms with van der Waals surface area (Å²) >= 11 is 0. The van der Waals surface area contributed by atoms with E-state index in [0.717, 1.165) is 11.8 Å². The summed E-state index contributed by atoms with van der Waals surface area (Å²) in [4.78, 5) is 0. The van der Waals surface area contributed by atoms with Crippen molar-refractivity contribution in [1.29, 1.82) is 0 Å². The molecule has 2 aliphatic rings. The summed E-state index contributed by atoms with van der Waals surface area (Å²) < 4.78 is 0. The predicted molar refractivity (Wildman–Crippen MR) is 80.8 cm³/mol. The van der Waals surface area contributed by atoms with Crippen molar-refractivity contribution in [3.63, 3.8) is 0 Å². The highest BCUT2D eigenvalue weighted by atomic mass is 14.4. The summed E-state index contributed by atoms with van der Waals surface area (Å²) in [7, 11) is 0. The fourth-order valence-electron chi connectivity index (χ4n) is 4.58. The van der Waals surface area contributed by atoms with Crippen LogP contribution >= 0.6 is 0 Å². The van der Waals surface area contributed by atoms with Gasteiger partial charge in [0.1, 0.15) is 0 Å². The van der Waals surface area contributed by atoms with Crippen LogP contribution in [-0.4, -0.2) is 0 Å². The van der Waals surface area contributed by atoms with Crippen LogP contribution in [0.4, 0.5) is 0 Å². The molecule has 0 amide bonds. The van der Waals surface area contributed by atoms with Crippen LogP contribution in [0.5, 0.6) is 0 Å². The van der Waals surface area contributed by atoms with Crippen molar-refractivity contribution in [3.05, 3.63) is 59.7 Å². The van der Waals surface area contributed by atoms with Crippen LogP contribution < -0.4 is 0 Å². The second kappa shape index (κ2) is 3.39. The lowest BCUT2D eigenvalue weighted by atomic mass is 9.83. The largest absolute Gasteiger partial charge is 0.0616 e. The molecule has 0 aromatic heterocycles. The highest BCUT2D eigenvalue weighted by molar-refractivity contribution is 6.11. The normalized spacial score (nSPS) is 24.2. The van der Waals surface area contributed by atoms with E-state index in [-0.39, 0.29) is 0 Å². The lowest BCUT2D eigenvalue weighted by Crippen LogP contribution is -2.00. The summed E-state index contributed by atoms with van der Waals surface area (Å²) in [6.07, 6.45) is 4.20. The molecule has 0 heterocycles. The third-order valence-corrected chi connectivity index (χ3v) is 5.26. The molecule has 5 rings (SSSR count). The molecule has 3 aromatic rings. The van der Waals surface area contributed by atoms with Crippen LogP contribution in [0.3, 0.4) is 0 Å². The summed E-state index contributed by atoms with van der Waals surface area (Å²) in [5, 5.41) is 5.93. The van der Waals surface area contributed by atoms with Crippen LogP contribution in [0.1, 0.15) is 42.2 Å². The zero-order valence-electron chi connectivity index (χ0n) is 10.9. The van der Waals surface area contributed by atoms with E-state index >= 15 is 0 Å². The van der Waals surface area contributed by atoms with Crippen LogP contribution in [0.15, 0.2) is 48.5 Å². The molecule has 1 saturated carbocycles.